The smallest absolute Gasteiger partial charge is 0.243 e. The lowest BCUT2D eigenvalue weighted by atomic mass is 10.1. The van der Waals surface area contributed by atoms with E-state index < -0.39 is 0 Å². The average molecular weight is 230 g/mol. The van der Waals surface area contributed by atoms with E-state index in [1.165, 1.54) is 11.6 Å². The molecule has 0 aliphatic carbocycles. The standard InChI is InChI=1S/C14H18N2O/c1-2-3-9-14(17)16-11-5-4-7-13-8-6-10-15-12-13/h2-3,6,8-10,12H,1,4-5,7,11H2,(H,16,17). The van der Waals surface area contributed by atoms with E-state index in [1.807, 2.05) is 12.3 Å². The number of pyridine rings is 1. The molecule has 0 radical (unpaired) electrons. The molecule has 3 nitrogen and oxygen atoms in total. The fourth-order valence-electron chi connectivity index (χ4n) is 1.43. The number of rotatable bonds is 7. The van der Waals surface area contributed by atoms with Crippen LogP contribution in [0.25, 0.3) is 0 Å². The molecular weight excluding hydrogens is 212 g/mol. The minimum Gasteiger partial charge on any atom is -0.353 e. The third-order valence-electron chi connectivity index (χ3n) is 2.30. The molecule has 0 aliphatic rings. The van der Waals surface area contributed by atoms with Gasteiger partial charge in [0.1, 0.15) is 0 Å². The first-order valence-electron chi connectivity index (χ1n) is 5.79. The Balaban J connectivity index is 2.07. The Hall–Kier alpha value is -1.90. The zero-order chi connectivity index (χ0) is 12.3. The molecule has 90 valence electrons. The molecule has 0 bridgehead atoms. The SMILES string of the molecule is C=CC=CC(=O)NCCCCc1cccnc1. The number of aromatic nitrogens is 1. The van der Waals surface area contributed by atoms with Crippen molar-refractivity contribution >= 4 is 5.91 Å². The first kappa shape index (κ1) is 13.2. The molecule has 1 amide bonds. The minimum absolute atomic E-state index is 0.0636. The number of amides is 1. The van der Waals surface area contributed by atoms with Crippen molar-refractivity contribution in [1.29, 1.82) is 0 Å². The number of nitrogens with one attached hydrogen (secondary N) is 1. The van der Waals surface area contributed by atoms with Gasteiger partial charge in [0, 0.05) is 25.0 Å². The maximum atomic E-state index is 11.2. The van der Waals surface area contributed by atoms with Crippen molar-refractivity contribution in [3.8, 4) is 0 Å². The summed E-state index contributed by atoms with van der Waals surface area (Å²) < 4.78 is 0. The van der Waals surface area contributed by atoms with E-state index in [2.05, 4.69) is 22.9 Å². The molecule has 1 aromatic heterocycles. The predicted molar refractivity (Wildman–Crippen MR) is 69.5 cm³/mol. The number of unbranched alkanes of at least 4 members (excludes halogenated alkanes) is 1. The number of carbonyl (C=O) groups excluding carboxylic acids is 1. The molecule has 0 saturated carbocycles. The van der Waals surface area contributed by atoms with Crippen LogP contribution in [-0.2, 0) is 11.2 Å². The van der Waals surface area contributed by atoms with Crippen molar-refractivity contribution in [3.63, 3.8) is 0 Å². The summed E-state index contributed by atoms with van der Waals surface area (Å²) in [4.78, 5) is 15.2. The fraction of sp³-hybridized carbons (Fsp3) is 0.286. The lowest BCUT2D eigenvalue weighted by Gasteiger charge is -2.02. The van der Waals surface area contributed by atoms with Crippen LogP contribution in [0.5, 0.6) is 0 Å². The molecule has 0 aliphatic heterocycles. The second-order valence-electron chi connectivity index (χ2n) is 3.70. The summed E-state index contributed by atoms with van der Waals surface area (Å²) in [7, 11) is 0. The largest absolute Gasteiger partial charge is 0.353 e. The molecule has 1 N–H and O–H groups in total. The van der Waals surface area contributed by atoms with Crippen LogP contribution < -0.4 is 5.32 Å². The van der Waals surface area contributed by atoms with Crippen LogP contribution >= 0.6 is 0 Å². The molecule has 0 spiro atoms. The molecule has 17 heavy (non-hydrogen) atoms. The van der Waals surface area contributed by atoms with Crippen LogP contribution in [0, 0.1) is 0 Å². The summed E-state index contributed by atoms with van der Waals surface area (Å²) in [6.07, 6.45) is 11.4. The Labute approximate surface area is 102 Å². The van der Waals surface area contributed by atoms with Gasteiger partial charge in [0.05, 0.1) is 0 Å². The topological polar surface area (TPSA) is 42.0 Å². The second-order valence-corrected chi connectivity index (χ2v) is 3.70. The van der Waals surface area contributed by atoms with E-state index in [-0.39, 0.29) is 5.91 Å². The Bertz CT molecular complexity index is 371. The third-order valence-corrected chi connectivity index (χ3v) is 2.30. The summed E-state index contributed by atoms with van der Waals surface area (Å²) in [5.41, 5.74) is 1.24. The summed E-state index contributed by atoms with van der Waals surface area (Å²) in [5, 5.41) is 2.81. The van der Waals surface area contributed by atoms with Crippen molar-refractivity contribution in [1.82, 2.24) is 10.3 Å². The normalized spacial score (nSPS) is 10.4. The fourth-order valence-corrected chi connectivity index (χ4v) is 1.43. The maximum Gasteiger partial charge on any atom is 0.243 e. The minimum atomic E-state index is -0.0636. The molecular formula is C14H18N2O. The molecule has 3 heteroatoms. The van der Waals surface area contributed by atoms with Crippen molar-refractivity contribution in [2.24, 2.45) is 0 Å². The number of allylic oxidation sites excluding steroid dienone is 2. The van der Waals surface area contributed by atoms with Crippen LogP contribution in [0.4, 0.5) is 0 Å². The quantitative estimate of drug-likeness (QED) is 0.443. The van der Waals surface area contributed by atoms with Crippen LogP contribution in [-0.4, -0.2) is 17.4 Å². The second kappa shape index (κ2) is 8.28. The van der Waals surface area contributed by atoms with Crippen LogP contribution in [0.3, 0.4) is 0 Å². The van der Waals surface area contributed by atoms with Crippen LogP contribution in [0.1, 0.15) is 18.4 Å². The van der Waals surface area contributed by atoms with Crippen molar-refractivity contribution in [2.75, 3.05) is 6.54 Å². The molecule has 0 atom stereocenters. The Kier molecular flexibility index (Phi) is 6.41. The average Bonchev–Trinajstić information content (AvgIpc) is 2.37. The first-order chi connectivity index (χ1) is 8.33. The molecule has 0 aromatic carbocycles. The highest BCUT2D eigenvalue weighted by Crippen LogP contribution is 2.01. The summed E-state index contributed by atoms with van der Waals surface area (Å²) in [5.74, 6) is -0.0636. The highest BCUT2D eigenvalue weighted by molar-refractivity contribution is 5.87. The monoisotopic (exact) mass is 230 g/mol. The van der Waals surface area contributed by atoms with E-state index in [1.54, 1.807) is 18.3 Å². The van der Waals surface area contributed by atoms with Gasteiger partial charge < -0.3 is 5.32 Å². The third kappa shape index (κ3) is 6.30. The number of nitrogens with zero attached hydrogens (tertiary/aromatic N) is 1. The summed E-state index contributed by atoms with van der Waals surface area (Å²) in [6, 6.07) is 4.01. The van der Waals surface area contributed by atoms with Crippen molar-refractivity contribution < 1.29 is 4.79 Å². The molecule has 1 aromatic rings. The summed E-state index contributed by atoms with van der Waals surface area (Å²) >= 11 is 0. The molecule has 0 saturated heterocycles. The van der Waals surface area contributed by atoms with E-state index in [9.17, 15) is 4.79 Å². The molecule has 0 fully saturated rings. The highest BCUT2D eigenvalue weighted by Gasteiger charge is 1.95. The molecule has 1 heterocycles. The van der Waals surface area contributed by atoms with Crippen molar-refractivity contribution in [2.45, 2.75) is 19.3 Å². The molecule has 1 rings (SSSR count). The van der Waals surface area contributed by atoms with Gasteiger partial charge in [-0.2, -0.15) is 0 Å². The predicted octanol–water partition coefficient (Wildman–Crippen LogP) is 2.26. The number of aryl methyl sites for hydroxylation is 1. The van der Waals surface area contributed by atoms with Gasteiger partial charge in [0.2, 0.25) is 5.91 Å². The van der Waals surface area contributed by atoms with Gasteiger partial charge in [-0.15, -0.1) is 0 Å². The van der Waals surface area contributed by atoms with E-state index in [0.29, 0.717) is 6.54 Å². The van der Waals surface area contributed by atoms with Gasteiger partial charge in [-0.3, -0.25) is 9.78 Å². The van der Waals surface area contributed by atoms with Gasteiger partial charge >= 0.3 is 0 Å². The number of carbonyl (C=O) groups is 1. The maximum absolute atomic E-state index is 11.2. The number of hydrogen-bond donors (Lipinski definition) is 1. The van der Waals surface area contributed by atoms with E-state index in [0.717, 1.165) is 19.3 Å². The first-order valence-corrected chi connectivity index (χ1v) is 5.79. The lowest BCUT2D eigenvalue weighted by Crippen LogP contribution is -2.22. The van der Waals surface area contributed by atoms with Gasteiger partial charge in [0.25, 0.3) is 0 Å². The van der Waals surface area contributed by atoms with Crippen LogP contribution in [0.2, 0.25) is 0 Å². The van der Waals surface area contributed by atoms with Gasteiger partial charge in [-0.1, -0.05) is 24.8 Å². The Morgan fingerprint density at radius 3 is 3.06 bits per heavy atom. The zero-order valence-electron chi connectivity index (χ0n) is 9.93. The Morgan fingerprint density at radius 2 is 2.35 bits per heavy atom. The Morgan fingerprint density at radius 1 is 1.47 bits per heavy atom. The van der Waals surface area contributed by atoms with E-state index in [4.69, 9.17) is 0 Å². The van der Waals surface area contributed by atoms with E-state index >= 15 is 0 Å². The van der Waals surface area contributed by atoms with Crippen molar-refractivity contribution in [3.05, 3.63) is 54.9 Å². The highest BCUT2D eigenvalue weighted by atomic mass is 16.1. The van der Waals surface area contributed by atoms with Gasteiger partial charge in [-0.05, 0) is 30.9 Å². The lowest BCUT2D eigenvalue weighted by molar-refractivity contribution is -0.116. The van der Waals surface area contributed by atoms with Crippen LogP contribution in [0.15, 0.2) is 49.3 Å². The molecule has 0 unspecified atom stereocenters. The zero-order valence-corrected chi connectivity index (χ0v) is 9.93. The van der Waals surface area contributed by atoms with Gasteiger partial charge in [0.15, 0.2) is 0 Å². The number of hydrogen-bond acceptors (Lipinski definition) is 2. The van der Waals surface area contributed by atoms with Gasteiger partial charge in [-0.25, -0.2) is 0 Å². The summed E-state index contributed by atoms with van der Waals surface area (Å²) in [6.45, 7) is 4.21.